The van der Waals surface area contributed by atoms with Crippen LogP contribution in [0.4, 0.5) is 8.78 Å². The maximum Gasteiger partial charge on any atom is 0.162 e. The Labute approximate surface area is 111 Å². The van der Waals surface area contributed by atoms with Gasteiger partial charge in [0.2, 0.25) is 0 Å². The summed E-state index contributed by atoms with van der Waals surface area (Å²) < 4.78 is 26.7. The van der Waals surface area contributed by atoms with E-state index in [0.29, 0.717) is 17.9 Å². The maximum atomic E-state index is 13.6. The van der Waals surface area contributed by atoms with E-state index in [9.17, 15) is 8.78 Å². The molecular weight excluding hydrogens is 254 g/mol. The molecule has 0 N–H and O–H groups in total. The monoisotopic (exact) mass is 270 g/mol. The molecule has 2 aliphatic rings. The standard InChI is InChI=1S/C15H17ClF2/c16-12(14-10-5-1-2-6-11(10)14)8-9-4-3-7-13(17)15(9)18/h3-4,7,10-12,14H,1-2,5-6,8H2. The molecule has 3 heteroatoms. The predicted octanol–water partition coefficient (Wildman–Crippen LogP) is 4.55. The molecule has 2 saturated carbocycles. The fourth-order valence-electron chi connectivity index (χ4n) is 3.64. The summed E-state index contributed by atoms with van der Waals surface area (Å²) in [5.74, 6) is 0.518. The first kappa shape index (κ1) is 12.4. The van der Waals surface area contributed by atoms with Gasteiger partial charge in [0.15, 0.2) is 11.6 Å². The second kappa shape index (κ2) is 4.80. The fourth-order valence-corrected chi connectivity index (χ4v) is 4.18. The van der Waals surface area contributed by atoms with E-state index in [2.05, 4.69) is 0 Å². The molecule has 1 aromatic rings. The van der Waals surface area contributed by atoms with Gasteiger partial charge in [-0.05, 0) is 48.6 Å². The van der Waals surface area contributed by atoms with Crippen molar-refractivity contribution in [2.75, 3.05) is 0 Å². The summed E-state index contributed by atoms with van der Waals surface area (Å²) in [4.78, 5) is 0. The van der Waals surface area contributed by atoms with E-state index in [4.69, 9.17) is 11.6 Å². The van der Waals surface area contributed by atoms with E-state index < -0.39 is 11.6 Å². The summed E-state index contributed by atoms with van der Waals surface area (Å²) in [6.07, 6.45) is 5.59. The number of fused-ring (bicyclic) bond motifs is 1. The highest BCUT2D eigenvalue weighted by Crippen LogP contribution is 2.58. The Morgan fingerprint density at radius 3 is 2.50 bits per heavy atom. The third-order valence-corrected chi connectivity index (χ3v) is 5.03. The van der Waals surface area contributed by atoms with Crippen molar-refractivity contribution in [3.8, 4) is 0 Å². The van der Waals surface area contributed by atoms with Gasteiger partial charge in [-0.3, -0.25) is 0 Å². The highest BCUT2D eigenvalue weighted by Gasteiger charge is 2.53. The van der Waals surface area contributed by atoms with Crippen molar-refractivity contribution < 1.29 is 8.78 Å². The van der Waals surface area contributed by atoms with Gasteiger partial charge < -0.3 is 0 Å². The number of hydrogen-bond acceptors (Lipinski definition) is 0. The molecule has 0 heterocycles. The second-order valence-corrected chi connectivity index (χ2v) is 6.18. The number of hydrogen-bond donors (Lipinski definition) is 0. The molecule has 98 valence electrons. The number of halogens is 3. The van der Waals surface area contributed by atoms with Gasteiger partial charge >= 0.3 is 0 Å². The summed E-state index contributed by atoms with van der Waals surface area (Å²) in [5, 5.41) is -0.0469. The first-order valence-electron chi connectivity index (χ1n) is 6.75. The zero-order chi connectivity index (χ0) is 12.7. The molecule has 2 fully saturated rings. The van der Waals surface area contributed by atoms with Crippen LogP contribution in [0.3, 0.4) is 0 Å². The van der Waals surface area contributed by atoms with Crippen molar-refractivity contribution in [2.45, 2.75) is 37.5 Å². The van der Waals surface area contributed by atoms with E-state index in [0.717, 1.165) is 17.9 Å². The molecule has 3 rings (SSSR count). The molecular formula is C15H17ClF2. The molecule has 0 saturated heterocycles. The third-order valence-electron chi connectivity index (χ3n) is 4.59. The van der Waals surface area contributed by atoms with Crippen molar-refractivity contribution >= 4 is 11.6 Å². The minimum atomic E-state index is -0.774. The SMILES string of the molecule is Fc1cccc(CC(Cl)C2C3CCCCC32)c1F. The van der Waals surface area contributed by atoms with Crippen LogP contribution >= 0.6 is 11.6 Å². The number of benzene rings is 1. The van der Waals surface area contributed by atoms with Gasteiger partial charge in [-0.25, -0.2) is 8.78 Å². The average Bonchev–Trinajstić information content (AvgIpc) is 3.09. The summed E-state index contributed by atoms with van der Waals surface area (Å²) >= 11 is 6.42. The zero-order valence-electron chi connectivity index (χ0n) is 10.2. The molecule has 0 bridgehead atoms. The first-order valence-corrected chi connectivity index (χ1v) is 7.19. The van der Waals surface area contributed by atoms with Gasteiger partial charge in [0.05, 0.1) is 0 Å². The maximum absolute atomic E-state index is 13.6. The van der Waals surface area contributed by atoms with Crippen molar-refractivity contribution in [3.05, 3.63) is 35.4 Å². The van der Waals surface area contributed by atoms with E-state index in [-0.39, 0.29) is 5.38 Å². The largest absolute Gasteiger partial charge is 0.204 e. The number of rotatable bonds is 3. The quantitative estimate of drug-likeness (QED) is 0.707. The molecule has 0 aromatic heterocycles. The fraction of sp³-hybridized carbons (Fsp3) is 0.600. The van der Waals surface area contributed by atoms with Crippen LogP contribution in [-0.4, -0.2) is 5.38 Å². The van der Waals surface area contributed by atoms with Crippen LogP contribution in [0.2, 0.25) is 0 Å². The lowest BCUT2D eigenvalue weighted by Gasteiger charge is -2.10. The van der Waals surface area contributed by atoms with Gasteiger partial charge in [0.1, 0.15) is 0 Å². The van der Waals surface area contributed by atoms with Crippen LogP contribution in [-0.2, 0) is 6.42 Å². The highest BCUT2D eigenvalue weighted by molar-refractivity contribution is 6.21. The van der Waals surface area contributed by atoms with Crippen LogP contribution in [0, 0.1) is 29.4 Å². The van der Waals surface area contributed by atoms with E-state index >= 15 is 0 Å². The summed E-state index contributed by atoms with van der Waals surface area (Å²) in [7, 11) is 0. The summed E-state index contributed by atoms with van der Waals surface area (Å²) in [5.41, 5.74) is 0.415. The van der Waals surface area contributed by atoms with Crippen LogP contribution in [0.1, 0.15) is 31.2 Å². The predicted molar refractivity (Wildman–Crippen MR) is 68.6 cm³/mol. The smallest absolute Gasteiger partial charge is 0.162 e. The lowest BCUT2D eigenvalue weighted by atomic mass is 10.0. The Morgan fingerprint density at radius 2 is 1.83 bits per heavy atom. The van der Waals surface area contributed by atoms with Crippen LogP contribution in [0.15, 0.2) is 18.2 Å². The lowest BCUT2D eigenvalue weighted by Crippen LogP contribution is -2.10. The zero-order valence-corrected chi connectivity index (χ0v) is 11.0. The normalized spacial score (nSPS) is 31.8. The van der Waals surface area contributed by atoms with E-state index in [1.54, 1.807) is 12.1 Å². The number of alkyl halides is 1. The van der Waals surface area contributed by atoms with Gasteiger partial charge in [-0.1, -0.05) is 25.0 Å². The van der Waals surface area contributed by atoms with Crippen LogP contribution in [0.5, 0.6) is 0 Å². The lowest BCUT2D eigenvalue weighted by molar-refractivity contribution is 0.480. The second-order valence-electron chi connectivity index (χ2n) is 5.62. The minimum absolute atomic E-state index is 0.0469. The molecule has 18 heavy (non-hydrogen) atoms. The molecule has 3 atom stereocenters. The molecule has 3 unspecified atom stereocenters. The summed E-state index contributed by atoms with van der Waals surface area (Å²) in [6, 6.07) is 4.34. The van der Waals surface area contributed by atoms with Gasteiger partial charge in [0.25, 0.3) is 0 Å². The Hall–Kier alpha value is -0.630. The molecule has 0 spiro atoms. The Kier molecular flexibility index (Phi) is 3.31. The Balaban J connectivity index is 1.68. The van der Waals surface area contributed by atoms with Crippen molar-refractivity contribution in [3.63, 3.8) is 0 Å². The van der Waals surface area contributed by atoms with E-state index in [1.807, 2.05) is 0 Å². The van der Waals surface area contributed by atoms with Crippen LogP contribution < -0.4 is 0 Å². The molecule has 2 aliphatic carbocycles. The van der Waals surface area contributed by atoms with Gasteiger partial charge in [0, 0.05) is 5.38 Å². The molecule has 1 aromatic carbocycles. The average molecular weight is 271 g/mol. The highest BCUT2D eigenvalue weighted by atomic mass is 35.5. The minimum Gasteiger partial charge on any atom is -0.204 e. The Morgan fingerprint density at radius 1 is 1.17 bits per heavy atom. The topological polar surface area (TPSA) is 0 Å². The van der Waals surface area contributed by atoms with Crippen molar-refractivity contribution in [1.29, 1.82) is 0 Å². The molecule has 0 nitrogen and oxygen atoms in total. The molecule has 0 aliphatic heterocycles. The molecule has 0 radical (unpaired) electrons. The first-order chi connectivity index (χ1) is 8.68. The van der Waals surface area contributed by atoms with E-state index in [1.165, 1.54) is 25.7 Å². The van der Waals surface area contributed by atoms with Gasteiger partial charge in [-0.2, -0.15) is 0 Å². The van der Waals surface area contributed by atoms with Gasteiger partial charge in [-0.15, -0.1) is 11.6 Å². The van der Waals surface area contributed by atoms with Crippen LogP contribution in [0.25, 0.3) is 0 Å². The van der Waals surface area contributed by atoms with Crippen molar-refractivity contribution in [2.24, 2.45) is 17.8 Å². The summed E-state index contributed by atoms with van der Waals surface area (Å²) in [6.45, 7) is 0. The Bertz CT molecular complexity index is 434. The molecule has 0 amide bonds. The van der Waals surface area contributed by atoms with Crippen molar-refractivity contribution in [1.82, 2.24) is 0 Å². The third kappa shape index (κ3) is 2.16.